The number of benzene rings is 2. The zero-order valence-corrected chi connectivity index (χ0v) is 13.0. The van der Waals surface area contributed by atoms with E-state index in [1.807, 2.05) is 6.07 Å². The van der Waals surface area contributed by atoms with E-state index in [1.165, 1.54) is 6.92 Å². The quantitative estimate of drug-likeness (QED) is 0.718. The molecule has 0 aromatic heterocycles. The van der Waals surface area contributed by atoms with Crippen LogP contribution in [0.15, 0.2) is 48.5 Å². The Morgan fingerprint density at radius 1 is 1.09 bits per heavy atom. The molecule has 2 amide bonds. The first kappa shape index (κ1) is 16.5. The molecule has 0 saturated carbocycles. The van der Waals surface area contributed by atoms with Gasteiger partial charge in [0.2, 0.25) is 5.91 Å². The molecule has 0 radical (unpaired) electrons. The molecule has 0 aliphatic rings. The molecule has 120 valence electrons. The van der Waals surface area contributed by atoms with Gasteiger partial charge in [-0.2, -0.15) is 0 Å². The van der Waals surface area contributed by atoms with E-state index in [1.54, 1.807) is 42.5 Å². The van der Waals surface area contributed by atoms with Crippen LogP contribution in [0.2, 0.25) is 0 Å². The highest BCUT2D eigenvalue weighted by Gasteiger charge is 2.06. The Morgan fingerprint density at radius 2 is 1.87 bits per heavy atom. The molecule has 2 aromatic carbocycles. The maximum absolute atomic E-state index is 12.1. The normalized spacial score (nSPS) is 10.1. The number of nitrogens with one attached hydrogen (secondary N) is 2. The minimum Gasteiger partial charge on any atom is -0.508 e. The van der Waals surface area contributed by atoms with Gasteiger partial charge >= 0.3 is 0 Å². The van der Waals surface area contributed by atoms with Crippen molar-refractivity contribution in [2.45, 2.75) is 19.8 Å². The Labute approximate surface area is 135 Å². The zero-order chi connectivity index (χ0) is 16.7. The second kappa shape index (κ2) is 7.98. The van der Waals surface area contributed by atoms with Crippen molar-refractivity contribution in [3.05, 3.63) is 59.7 Å². The van der Waals surface area contributed by atoms with Crippen LogP contribution in [0.25, 0.3) is 0 Å². The molecule has 0 fully saturated rings. The Balaban J connectivity index is 1.81. The molecule has 0 bridgehead atoms. The molecule has 2 rings (SSSR count). The number of anilines is 1. The van der Waals surface area contributed by atoms with Crippen LogP contribution >= 0.6 is 0 Å². The monoisotopic (exact) mass is 312 g/mol. The fourth-order valence-corrected chi connectivity index (χ4v) is 2.25. The maximum Gasteiger partial charge on any atom is 0.251 e. The standard InChI is InChI=1S/C18H20N2O3/c1-13(21)20-16-8-3-7-15(12-16)18(23)19-10-4-6-14-5-2-9-17(22)11-14/h2-3,5,7-9,11-12,22H,4,6,10H2,1H3,(H,19,23)(H,20,21). The molecule has 0 unspecified atom stereocenters. The summed E-state index contributed by atoms with van der Waals surface area (Å²) < 4.78 is 0. The molecular formula is C18H20N2O3. The lowest BCUT2D eigenvalue weighted by molar-refractivity contribution is -0.114. The SMILES string of the molecule is CC(=O)Nc1cccc(C(=O)NCCCc2cccc(O)c2)c1. The molecule has 5 nitrogen and oxygen atoms in total. The summed E-state index contributed by atoms with van der Waals surface area (Å²) in [6.45, 7) is 1.97. The number of carbonyl (C=O) groups is 2. The number of rotatable bonds is 6. The Kier molecular flexibility index (Phi) is 5.74. The lowest BCUT2D eigenvalue weighted by atomic mass is 10.1. The predicted molar refractivity (Wildman–Crippen MR) is 89.5 cm³/mol. The number of amides is 2. The average Bonchev–Trinajstić information content (AvgIpc) is 2.51. The lowest BCUT2D eigenvalue weighted by Crippen LogP contribution is -2.24. The van der Waals surface area contributed by atoms with Crippen LogP contribution in [0, 0.1) is 0 Å². The number of phenolic OH excluding ortho intramolecular Hbond substituents is 1. The molecule has 5 heteroatoms. The van der Waals surface area contributed by atoms with Gasteiger partial charge < -0.3 is 15.7 Å². The van der Waals surface area contributed by atoms with E-state index in [0.717, 1.165) is 18.4 Å². The molecule has 0 spiro atoms. The van der Waals surface area contributed by atoms with Crippen molar-refractivity contribution < 1.29 is 14.7 Å². The van der Waals surface area contributed by atoms with Crippen molar-refractivity contribution in [2.24, 2.45) is 0 Å². The third-order valence-electron chi connectivity index (χ3n) is 3.28. The van der Waals surface area contributed by atoms with Gasteiger partial charge in [-0.05, 0) is 48.7 Å². The fourth-order valence-electron chi connectivity index (χ4n) is 2.25. The minimum atomic E-state index is -0.173. The summed E-state index contributed by atoms with van der Waals surface area (Å²) in [5, 5.41) is 14.9. The van der Waals surface area contributed by atoms with E-state index < -0.39 is 0 Å². The van der Waals surface area contributed by atoms with Gasteiger partial charge in [0.05, 0.1) is 0 Å². The largest absolute Gasteiger partial charge is 0.508 e. The molecule has 2 aromatic rings. The second-order valence-corrected chi connectivity index (χ2v) is 5.29. The van der Waals surface area contributed by atoms with Gasteiger partial charge in [0, 0.05) is 24.7 Å². The van der Waals surface area contributed by atoms with Crippen LogP contribution in [0.1, 0.15) is 29.3 Å². The Bertz CT molecular complexity index is 698. The molecule has 0 aliphatic heterocycles. The van der Waals surface area contributed by atoms with Crippen LogP contribution in [0.4, 0.5) is 5.69 Å². The smallest absolute Gasteiger partial charge is 0.251 e. The maximum atomic E-state index is 12.1. The third kappa shape index (κ3) is 5.47. The molecule has 3 N–H and O–H groups in total. The summed E-state index contributed by atoms with van der Waals surface area (Å²) in [7, 11) is 0. The van der Waals surface area contributed by atoms with Gasteiger partial charge in [0.15, 0.2) is 0 Å². The molecule has 0 aliphatic carbocycles. The second-order valence-electron chi connectivity index (χ2n) is 5.29. The van der Waals surface area contributed by atoms with E-state index >= 15 is 0 Å². The third-order valence-corrected chi connectivity index (χ3v) is 3.28. The van der Waals surface area contributed by atoms with Crippen molar-refractivity contribution in [1.82, 2.24) is 5.32 Å². The summed E-state index contributed by atoms with van der Waals surface area (Å²) >= 11 is 0. The van der Waals surface area contributed by atoms with E-state index in [-0.39, 0.29) is 17.6 Å². The Morgan fingerprint density at radius 3 is 2.61 bits per heavy atom. The highest BCUT2D eigenvalue weighted by Crippen LogP contribution is 2.13. The minimum absolute atomic E-state index is 0.173. The van der Waals surface area contributed by atoms with Gasteiger partial charge in [-0.15, -0.1) is 0 Å². The van der Waals surface area contributed by atoms with Crippen molar-refractivity contribution in [1.29, 1.82) is 0 Å². The number of aromatic hydroxyl groups is 1. The molecule has 0 heterocycles. The van der Waals surface area contributed by atoms with Crippen molar-refractivity contribution >= 4 is 17.5 Å². The van der Waals surface area contributed by atoms with Crippen LogP contribution in [-0.4, -0.2) is 23.5 Å². The van der Waals surface area contributed by atoms with Gasteiger partial charge in [-0.3, -0.25) is 9.59 Å². The summed E-state index contributed by atoms with van der Waals surface area (Å²) in [6.07, 6.45) is 1.56. The number of phenols is 1. The topological polar surface area (TPSA) is 78.4 Å². The highest BCUT2D eigenvalue weighted by atomic mass is 16.3. The van der Waals surface area contributed by atoms with Crippen molar-refractivity contribution in [3.8, 4) is 5.75 Å². The number of hydrogen-bond acceptors (Lipinski definition) is 3. The first-order valence-electron chi connectivity index (χ1n) is 7.48. The van der Waals surface area contributed by atoms with E-state index in [2.05, 4.69) is 10.6 Å². The first-order valence-corrected chi connectivity index (χ1v) is 7.48. The summed E-state index contributed by atoms with van der Waals surface area (Å²) in [6, 6.07) is 13.9. The van der Waals surface area contributed by atoms with Crippen LogP contribution in [-0.2, 0) is 11.2 Å². The summed E-state index contributed by atoms with van der Waals surface area (Å²) in [5.41, 5.74) is 2.14. The van der Waals surface area contributed by atoms with Crippen LogP contribution in [0.3, 0.4) is 0 Å². The van der Waals surface area contributed by atoms with Gasteiger partial charge in [-0.25, -0.2) is 0 Å². The average molecular weight is 312 g/mol. The molecule has 0 atom stereocenters. The summed E-state index contributed by atoms with van der Waals surface area (Å²) in [5.74, 6) is -0.0943. The summed E-state index contributed by atoms with van der Waals surface area (Å²) in [4.78, 5) is 23.1. The van der Waals surface area contributed by atoms with Gasteiger partial charge in [-0.1, -0.05) is 18.2 Å². The van der Waals surface area contributed by atoms with E-state index in [0.29, 0.717) is 17.8 Å². The van der Waals surface area contributed by atoms with E-state index in [4.69, 9.17) is 0 Å². The first-order chi connectivity index (χ1) is 11.0. The number of hydrogen-bond donors (Lipinski definition) is 3. The number of aryl methyl sites for hydroxylation is 1. The van der Waals surface area contributed by atoms with Crippen LogP contribution < -0.4 is 10.6 Å². The Hall–Kier alpha value is -2.82. The van der Waals surface area contributed by atoms with Crippen molar-refractivity contribution in [2.75, 3.05) is 11.9 Å². The number of carbonyl (C=O) groups excluding carboxylic acids is 2. The zero-order valence-electron chi connectivity index (χ0n) is 13.0. The van der Waals surface area contributed by atoms with Crippen molar-refractivity contribution in [3.63, 3.8) is 0 Å². The molecule has 23 heavy (non-hydrogen) atoms. The molecular weight excluding hydrogens is 292 g/mol. The fraction of sp³-hybridized carbons (Fsp3) is 0.222. The highest BCUT2D eigenvalue weighted by molar-refractivity contribution is 5.96. The van der Waals surface area contributed by atoms with Gasteiger partial charge in [0.1, 0.15) is 5.75 Å². The van der Waals surface area contributed by atoms with Gasteiger partial charge in [0.25, 0.3) is 5.91 Å². The van der Waals surface area contributed by atoms with Crippen LogP contribution in [0.5, 0.6) is 5.75 Å². The predicted octanol–water partition coefficient (Wildman–Crippen LogP) is 2.71. The lowest BCUT2D eigenvalue weighted by Gasteiger charge is -2.07. The molecule has 0 saturated heterocycles. The van der Waals surface area contributed by atoms with E-state index in [9.17, 15) is 14.7 Å².